The SMILES string of the molecule is CC(F)CCC1C=CC(C2=C3C[C@H](C4CCCCCCC4)CN3C(c3nccs3)=N[C@H]2c2ccc(F)cc2Cl)=N1. The van der Waals surface area contributed by atoms with Crippen LogP contribution in [0.4, 0.5) is 8.78 Å². The fourth-order valence-corrected chi connectivity index (χ4v) is 7.77. The van der Waals surface area contributed by atoms with Crippen LogP contribution in [0.2, 0.25) is 5.02 Å². The summed E-state index contributed by atoms with van der Waals surface area (Å²) in [6.45, 7) is 2.52. The molecule has 3 aliphatic heterocycles. The van der Waals surface area contributed by atoms with Crippen molar-refractivity contribution in [3.8, 4) is 0 Å². The molecule has 1 saturated heterocycles. The van der Waals surface area contributed by atoms with Gasteiger partial charge in [0.25, 0.3) is 0 Å². The van der Waals surface area contributed by atoms with E-state index < -0.39 is 12.2 Å². The summed E-state index contributed by atoms with van der Waals surface area (Å²) >= 11 is 8.28. The molecule has 4 aliphatic rings. The number of hydrogen-bond donors (Lipinski definition) is 0. The first-order valence-electron chi connectivity index (χ1n) is 14.8. The molecule has 0 spiro atoms. The Morgan fingerprint density at radius 2 is 1.90 bits per heavy atom. The minimum Gasteiger partial charge on any atom is -0.327 e. The Labute approximate surface area is 245 Å². The Morgan fingerprint density at radius 3 is 2.62 bits per heavy atom. The number of halogens is 3. The van der Waals surface area contributed by atoms with Crippen molar-refractivity contribution < 1.29 is 8.78 Å². The van der Waals surface area contributed by atoms with Crippen LogP contribution in [0.3, 0.4) is 0 Å². The Bertz CT molecular complexity index is 1320. The Morgan fingerprint density at radius 1 is 1.10 bits per heavy atom. The predicted molar refractivity (Wildman–Crippen MR) is 161 cm³/mol. The van der Waals surface area contributed by atoms with Gasteiger partial charge < -0.3 is 4.90 Å². The number of fused-ring (bicyclic) bond motifs is 1. The molecule has 40 heavy (non-hydrogen) atoms. The van der Waals surface area contributed by atoms with Gasteiger partial charge in [0.05, 0.1) is 17.9 Å². The third kappa shape index (κ3) is 5.82. The van der Waals surface area contributed by atoms with Gasteiger partial charge >= 0.3 is 0 Å². The molecule has 1 aliphatic carbocycles. The number of amidine groups is 1. The van der Waals surface area contributed by atoms with Gasteiger partial charge in [0.2, 0.25) is 0 Å². The van der Waals surface area contributed by atoms with Gasteiger partial charge in [-0.15, -0.1) is 11.3 Å². The van der Waals surface area contributed by atoms with Crippen molar-refractivity contribution in [3.05, 3.63) is 74.6 Å². The highest BCUT2D eigenvalue weighted by molar-refractivity contribution is 7.11. The van der Waals surface area contributed by atoms with Crippen molar-refractivity contribution in [2.75, 3.05) is 6.54 Å². The maximum absolute atomic E-state index is 14.1. The lowest BCUT2D eigenvalue weighted by atomic mass is 9.80. The van der Waals surface area contributed by atoms with Crippen molar-refractivity contribution in [2.24, 2.45) is 21.8 Å². The number of thiazole rings is 1. The standard InChI is InChI=1S/C32H37ClF2N4S/c1-20(34)9-11-24-12-14-27(37-24)29-28-17-22(21-7-5-3-2-4-6-8-21)19-39(28)31(32-36-15-16-40-32)38-30(29)25-13-10-23(35)18-26(25)33/h10,12-16,18,20-22,24,30H,2-9,11,17,19H2,1H3/t20?,22-,24?,30-/m0/s1. The van der Waals surface area contributed by atoms with Gasteiger partial charge in [0.15, 0.2) is 10.8 Å². The second-order valence-corrected chi connectivity index (χ2v) is 13.0. The Kier molecular flexibility index (Phi) is 8.50. The number of benzene rings is 1. The van der Waals surface area contributed by atoms with E-state index in [1.54, 1.807) is 24.3 Å². The van der Waals surface area contributed by atoms with E-state index in [9.17, 15) is 8.78 Å². The third-order valence-electron chi connectivity index (χ3n) is 8.90. The van der Waals surface area contributed by atoms with E-state index in [1.165, 1.54) is 62.8 Å². The first-order valence-corrected chi connectivity index (χ1v) is 16.1. The molecule has 1 aromatic heterocycles. The quantitative estimate of drug-likeness (QED) is 0.327. The summed E-state index contributed by atoms with van der Waals surface area (Å²) < 4.78 is 27.8. The average molecular weight is 583 g/mol. The maximum Gasteiger partial charge on any atom is 0.165 e. The van der Waals surface area contributed by atoms with Crippen molar-refractivity contribution in [2.45, 2.75) is 89.4 Å². The summed E-state index contributed by atoms with van der Waals surface area (Å²) in [6, 6.07) is 4.11. The van der Waals surface area contributed by atoms with Crippen LogP contribution in [0.1, 0.15) is 87.7 Å². The Balaban J connectivity index is 1.44. The van der Waals surface area contributed by atoms with Crippen LogP contribution < -0.4 is 0 Å². The summed E-state index contributed by atoms with van der Waals surface area (Å²) in [5.41, 5.74) is 3.95. The number of alkyl halides is 1. The van der Waals surface area contributed by atoms with Gasteiger partial charge in [0.1, 0.15) is 11.9 Å². The van der Waals surface area contributed by atoms with Gasteiger partial charge in [-0.3, -0.25) is 9.98 Å². The first-order chi connectivity index (χ1) is 19.5. The second kappa shape index (κ2) is 12.2. The lowest BCUT2D eigenvalue weighted by Crippen LogP contribution is -2.35. The molecule has 212 valence electrons. The largest absolute Gasteiger partial charge is 0.327 e. The van der Waals surface area contributed by atoms with Gasteiger partial charge in [-0.1, -0.05) is 68.7 Å². The number of aromatic nitrogens is 1. The fraction of sp³-hybridized carbons (Fsp3) is 0.531. The molecule has 0 radical (unpaired) electrons. The topological polar surface area (TPSA) is 40.9 Å². The zero-order chi connectivity index (χ0) is 27.6. The third-order valence-corrected chi connectivity index (χ3v) is 10.0. The minimum atomic E-state index is -0.851. The van der Waals surface area contributed by atoms with E-state index in [1.807, 2.05) is 11.6 Å². The molecular formula is C32H37ClF2N4S. The van der Waals surface area contributed by atoms with Crippen LogP contribution in [0, 0.1) is 17.7 Å². The Hall–Kier alpha value is -2.38. The van der Waals surface area contributed by atoms with E-state index >= 15 is 0 Å². The number of hydrogen-bond acceptors (Lipinski definition) is 5. The first kappa shape index (κ1) is 27.8. The lowest BCUT2D eigenvalue weighted by molar-refractivity contribution is 0.271. The summed E-state index contributed by atoms with van der Waals surface area (Å²) in [6.07, 6.45) is 16.4. The number of aliphatic imine (C=N–C) groups is 2. The lowest BCUT2D eigenvalue weighted by Gasteiger charge is -2.33. The zero-order valence-corrected chi connectivity index (χ0v) is 24.6. The molecule has 2 unspecified atom stereocenters. The number of allylic oxidation sites excluding steroid dienone is 2. The van der Waals surface area contributed by atoms with Crippen LogP contribution in [0.25, 0.3) is 0 Å². The second-order valence-electron chi connectivity index (χ2n) is 11.7. The van der Waals surface area contributed by atoms with Crippen LogP contribution in [0.15, 0.2) is 63.2 Å². The molecule has 6 rings (SSSR count). The minimum absolute atomic E-state index is 0.0498. The van der Waals surface area contributed by atoms with Gasteiger partial charge in [0, 0.05) is 40.0 Å². The molecule has 1 aromatic carbocycles. The van der Waals surface area contributed by atoms with Crippen molar-refractivity contribution in [3.63, 3.8) is 0 Å². The normalized spacial score (nSPS) is 26.4. The van der Waals surface area contributed by atoms with E-state index in [4.69, 9.17) is 21.6 Å². The molecule has 0 bridgehead atoms. The van der Waals surface area contributed by atoms with Crippen LogP contribution in [-0.2, 0) is 0 Å². The van der Waals surface area contributed by atoms with Gasteiger partial charge in [-0.25, -0.2) is 13.8 Å². The fourth-order valence-electron chi connectivity index (χ4n) is 6.85. The van der Waals surface area contributed by atoms with E-state index in [0.717, 1.165) is 40.7 Å². The highest BCUT2D eigenvalue weighted by Crippen LogP contribution is 2.47. The van der Waals surface area contributed by atoms with Crippen LogP contribution in [-0.4, -0.2) is 40.2 Å². The smallest absolute Gasteiger partial charge is 0.165 e. The maximum atomic E-state index is 14.1. The molecule has 4 nitrogen and oxygen atoms in total. The van der Waals surface area contributed by atoms with E-state index in [0.29, 0.717) is 29.7 Å². The molecule has 8 heteroatoms. The van der Waals surface area contributed by atoms with Crippen LogP contribution >= 0.6 is 22.9 Å². The van der Waals surface area contributed by atoms with Crippen molar-refractivity contribution in [1.82, 2.24) is 9.88 Å². The van der Waals surface area contributed by atoms with Crippen molar-refractivity contribution in [1.29, 1.82) is 0 Å². The summed E-state index contributed by atoms with van der Waals surface area (Å²) in [5.74, 6) is 1.72. The van der Waals surface area contributed by atoms with Gasteiger partial charge in [-0.05, 0) is 56.2 Å². The van der Waals surface area contributed by atoms with Gasteiger partial charge in [-0.2, -0.15) is 0 Å². The van der Waals surface area contributed by atoms with Crippen molar-refractivity contribution >= 4 is 34.5 Å². The molecule has 2 aromatic rings. The summed E-state index contributed by atoms with van der Waals surface area (Å²) in [4.78, 5) is 17.4. The predicted octanol–water partition coefficient (Wildman–Crippen LogP) is 8.89. The monoisotopic (exact) mass is 582 g/mol. The molecule has 4 atom stereocenters. The zero-order valence-electron chi connectivity index (χ0n) is 23.0. The summed E-state index contributed by atoms with van der Waals surface area (Å²) in [5, 5.41) is 3.23. The number of nitrogens with zero attached hydrogens (tertiary/aromatic N) is 4. The van der Waals surface area contributed by atoms with E-state index in [-0.39, 0.29) is 11.9 Å². The molecule has 4 heterocycles. The molecule has 0 amide bonds. The highest BCUT2D eigenvalue weighted by atomic mass is 35.5. The molecule has 0 N–H and O–H groups in total. The van der Waals surface area contributed by atoms with E-state index in [2.05, 4.69) is 22.0 Å². The average Bonchev–Trinajstić information content (AvgIpc) is 3.68. The number of rotatable bonds is 7. The summed E-state index contributed by atoms with van der Waals surface area (Å²) in [7, 11) is 0. The highest BCUT2D eigenvalue weighted by Gasteiger charge is 2.43. The molecule has 1 saturated carbocycles. The van der Waals surface area contributed by atoms with Crippen LogP contribution in [0.5, 0.6) is 0 Å². The molecule has 2 fully saturated rings. The molecular weight excluding hydrogens is 546 g/mol.